The fourth-order valence-corrected chi connectivity index (χ4v) is 4.04. The van der Waals surface area contributed by atoms with E-state index < -0.39 is 6.10 Å². The quantitative estimate of drug-likeness (QED) is 0.180. The number of rotatable bonds is 22. The Labute approximate surface area is 199 Å². The number of hydrogen-bond donors (Lipinski definition) is 1. The monoisotopic (exact) mass is 448 g/mol. The molecule has 0 spiro atoms. The van der Waals surface area contributed by atoms with Crippen molar-refractivity contribution in [3.8, 4) is 11.5 Å². The van der Waals surface area contributed by atoms with Crippen molar-refractivity contribution in [3.63, 3.8) is 0 Å². The Morgan fingerprint density at radius 2 is 1.12 bits per heavy atom. The Morgan fingerprint density at radius 3 is 1.69 bits per heavy atom. The highest BCUT2D eigenvalue weighted by atomic mass is 16.5. The van der Waals surface area contributed by atoms with Crippen LogP contribution in [0.4, 0.5) is 0 Å². The van der Waals surface area contributed by atoms with Crippen molar-refractivity contribution in [1.29, 1.82) is 0 Å². The third-order valence-corrected chi connectivity index (χ3v) is 6.20. The number of aliphatic hydroxyl groups is 1. The summed E-state index contributed by atoms with van der Waals surface area (Å²) in [7, 11) is 0. The molecule has 0 amide bonds. The fraction of sp³-hybridized carbons (Fsp3) is 0.793. The second kappa shape index (κ2) is 20.4. The predicted molar refractivity (Wildman–Crippen MR) is 138 cm³/mol. The van der Waals surface area contributed by atoms with Gasteiger partial charge in [0.1, 0.15) is 0 Å². The van der Waals surface area contributed by atoms with E-state index in [0.717, 1.165) is 55.6 Å². The van der Waals surface area contributed by atoms with Crippen molar-refractivity contribution >= 4 is 0 Å². The number of aliphatic hydroxyl groups excluding tert-OH is 1. The lowest BCUT2D eigenvalue weighted by Crippen LogP contribution is -2.07. The van der Waals surface area contributed by atoms with Gasteiger partial charge in [0.05, 0.1) is 19.3 Å². The average molecular weight is 449 g/mol. The van der Waals surface area contributed by atoms with Crippen LogP contribution < -0.4 is 9.47 Å². The van der Waals surface area contributed by atoms with E-state index in [2.05, 4.69) is 20.8 Å². The first-order valence-electron chi connectivity index (χ1n) is 13.8. The second-order valence-electron chi connectivity index (χ2n) is 9.27. The Morgan fingerprint density at radius 1 is 0.625 bits per heavy atom. The van der Waals surface area contributed by atoms with Crippen LogP contribution in [0.3, 0.4) is 0 Å². The summed E-state index contributed by atoms with van der Waals surface area (Å²) < 4.78 is 12.1. The first kappa shape index (κ1) is 28.8. The molecule has 0 radical (unpaired) electrons. The molecule has 1 atom stereocenters. The maximum Gasteiger partial charge on any atom is 0.166 e. The summed E-state index contributed by atoms with van der Waals surface area (Å²) in [4.78, 5) is 0. The van der Waals surface area contributed by atoms with Gasteiger partial charge in [0, 0.05) is 5.56 Å². The van der Waals surface area contributed by atoms with Gasteiger partial charge in [-0.25, -0.2) is 0 Å². The van der Waals surface area contributed by atoms with E-state index in [1.54, 1.807) is 0 Å². The van der Waals surface area contributed by atoms with Gasteiger partial charge in [-0.15, -0.1) is 0 Å². The van der Waals surface area contributed by atoms with E-state index in [-0.39, 0.29) is 0 Å². The third kappa shape index (κ3) is 13.4. The van der Waals surface area contributed by atoms with Gasteiger partial charge in [0.25, 0.3) is 0 Å². The molecule has 0 aliphatic rings. The zero-order valence-electron chi connectivity index (χ0n) is 21.5. The van der Waals surface area contributed by atoms with Crippen LogP contribution in [0.25, 0.3) is 0 Å². The van der Waals surface area contributed by atoms with E-state index >= 15 is 0 Å². The van der Waals surface area contributed by atoms with Crippen molar-refractivity contribution in [3.05, 3.63) is 23.8 Å². The van der Waals surface area contributed by atoms with Gasteiger partial charge in [0.15, 0.2) is 11.5 Å². The van der Waals surface area contributed by atoms with Gasteiger partial charge in [-0.2, -0.15) is 0 Å². The highest BCUT2D eigenvalue weighted by Crippen LogP contribution is 2.37. The molecule has 32 heavy (non-hydrogen) atoms. The largest absolute Gasteiger partial charge is 0.490 e. The van der Waals surface area contributed by atoms with E-state index in [9.17, 15) is 5.11 Å². The maximum absolute atomic E-state index is 10.9. The van der Waals surface area contributed by atoms with Crippen LogP contribution >= 0.6 is 0 Å². The molecule has 0 bridgehead atoms. The van der Waals surface area contributed by atoms with Crippen molar-refractivity contribution in [1.82, 2.24) is 0 Å². The molecule has 0 aliphatic carbocycles. The lowest BCUT2D eigenvalue weighted by atomic mass is 10.00. The Kier molecular flexibility index (Phi) is 18.4. The van der Waals surface area contributed by atoms with Gasteiger partial charge >= 0.3 is 0 Å². The van der Waals surface area contributed by atoms with Crippen molar-refractivity contribution in [2.75, 3.05) is 13.2 Å². The van der Waals surface area contributed by atoms with E-state index in [1.807, 2.05) is 18.2 Å². The topological polar surface area (TPSA) is 38.7 Å². The summed E-state index contributed by atoms with van der Waals surface area (Å²) in [5, 5.41) is 10.9. The third-order valence-electron chi connectivity index (χ3n) is 6.20. The number of hydrogen-bond acceptors (Lipinski definition) is 3. The summed E-state index contributed by atoms with van der Waals surface area (Å²) in [6.07, 6.45) is 20.5. The molecule has 1 aromatic carbocycles. The zero-order chi connectivity index (χ0) is 23.3. The first-order chi connectivity index (χ1) is 15.7. The van der Waals surface area contributed by atoms with E-state index in [1.165, 1.54) is 70.6 Å². The molecule has 1 rings (SSSR count). The highest BCUT2D eigenvalue weighted by Gasteiger charge is 2.18. The van der Waals surface area contributed by atoms with Gasteiger partial charge < -0.3 is 14.6 Å². The summed E-state index contributed by atoms with van der Waals surface area (Å²) in [5.41, 5.74) is 0.887. The minimum absolute atomic E-state index is 0.482. The van der Waals surface area contributed by atoms with Crippen LogP contribution in [0.2, 0.25) is 0 Å². The number of unbranched alkanes of at least 4 members (excludes halogenated alkanes) is 13. The van der Waals surface area contributed by atoms with Crippen molar-refractivity contribution in [2.24, 2.45) is 0 Å². The molecule has 0 saturated carbocycles. The molecule has 1 unspecified atom stereocenters. The predicted octanol–water partition coefficient (Wildman–Crippen LogP) is 9.17. The van der Waals surface area contributed by atoms with Crippen molar-refractivity contribution in [2.45, 2.75) is 136 Å². The Balaban J connectivity index is 2.34. The Hall–Kier alpha value is -1.22. The molecular weight excluding hydrogens is 396 g/mol. The highest BCUT2D eigenvalue weighted by molar-refractivity contribution is 5.47. The van der Waals surface area contributed by atoms with Crippen LogP contribution in [0, 0.1) is 0 Å². The van der Waals surface area contributed by atoms with E-state index in [0.29, 0.717) is 13.2 Å². The minimum atomic E-state index is -0.482. The molecule has 3 nitrogen and oxygen atoms in total. The van der Waals surface area contributed by atoms with Gasteiger partial charge in [0.2, 0.25) is 0 Å². The molecule has 0 aliphatic heterocycles. The zero-order valence-corrected chi connectivity index (χ0v) is 21.5. The molecule has 0 saturated heterocycles. The summed E-state index contributed by atoms with van der Waals surface area (Å²) in [5.74, 6) is 1.53. The van der Waals surface area contributed by atoms with Crippen LogP contribution in [0.1, 0.15) is 142 Å². The van der Waals surface area contributed by atoms with Crippen LogP contribution in [-0.4, -0.2) is 18.3 Å². The molecule has 0 aromatic heterocycles. The number of benzene rings is 1. The lowest BCUT2D eigenvalue weighted by Gasteiger charge is -2.19. The Bertz CT molecular complexity index is 543. The van der Waals surface area contributed by atoms with E-state index in [4.69, 9.17) is 9.47 Å². The van der Waals surface area contributed by atoms with Crippen LogP contribution in [0.15, 0.2) is 18.2 Å². The second-order valence-corrected chi connectivity index (χ2v) is 9.27. The molecule has 1 aromatic rings. The molecule has 186 valence electrons. The van der Waals surface area contributed by atoms with Crippen LogP contribution in [0.5, 0.6) is 11.5 Å². The standard InChI is InChI=1S/C29H52O3/c1-4-7-10-11-12-13-14-15-16-17-18-19-22-27(30)26-21-20-23-28(31-24-8-5-2)29(26)32-25-9-6-3/h20-21,23,27,30H,4-19,22,24-25H2,1-3H3. The SMILES string of the molecule is CCCCCCCCCCCCCCC(O)c1cccc(OCCCC)c1OCCCC. The first-order valence-corrected chi connectivity index (χ1v) is 13.8. The van der Waals surface area contributed by atoms with Gasteiger partial charge in [-0.3, -0.25) is 0 Å². The van der Waals surface area contributed by atoms with Crippen molar-refractivity contribution < 1.29 is 14.6 Å². The molecule has 0 fully saturated rings. The minimum Gasteiger partial charge on any atom is -0.490 e. The summed E-state index contributed by atoms with van der Waals surface area (Å²) >= 11 is 0. The summed E-state index contributed by atoms with van der Waals surface area (Å²) in [6, 6.07) is 5.95. The fourth-order valence-electron chi connectivity index (χ4n) is 4.04. The maximum atomic E-state index is 10.9. The summed E-state index contributed by atoms with van der Waals surface area (Å²) in [6.45, 7) is 7.97. The molecule has 0 heterocycles. The molecule has 1 N–H and O–H groups in total. The average Bonchev–Trinajstić information content (AvgIpc) is 2.80. The molecular formula is C29H52O3. The smallest absolute Gasteiger partial charge is 0.166 e. The van der Waals surface area contributed by atoms with Gasteiger partial charge in [-0.05, 0) is 25.3 Å². The lowest BCUT2D eigenvalue weighted by molar-refractivity contribution is 0.155. The number of para-hydroxylation sites is 1. The molecule has 3 heteroatoms. The van der Waals surface area contributed by atoms with Crippen LogP contribution in [-0.2, 0) is 0 Å². The van der Waals surface area contributed by atoms with Gasteiger partial charge in [-0.1, -0.05) is 123 Å². The number of ether oxygens (including phenoxy) is 2. The normalized spacial score (nSPS) is 12.1.